The fraction of sp³-hybridized carbons (Fsp3) is 0.133. The number of H-pyrrole nitrogens is 1. The molecule has 1 aromatic carbocycles. The molecule has 8 heteroatoms. The molecule has 5 N–H and O–H groups in total. The third-order valence-electron chi connectivity index (χ3n) is 3.38. The highest BCUT2D eigenvalue weighted by Crippen LogP contribution is 2.33. The Morgan fingerprint density at radius 3 is 2.26 bits per heavy atom. The van der Waals surface area contributed by atoms with Crippen LogP contribution in [0.3, 0.4) is 0 Å². The molecule has 8 nitrogen and oxygen atoms in total. The minimum Gasteiger partial charge on any atom is -0.497 e. The maximum atomic E-state index is 12.0. The molecule has 0 amide bonds. The van der Waals surface area contributed by atoms with Crippen molar-refractivity contribution in [3.63, 3.8) is 0 Å². The number of ether oxygens (including phenoxy) is 1. The summed E-state index contributed by atoms with van der Waals surface area (Å²) in [5.41, 5.74) is 4.06. The summed E-state index contributed by atoms with van der Waals surface area (Å²) >= 11 is 0. The first-order valence-electron chi connectivity index (χ1n) is 6.45. The van der Waals surface area contributed by atoms with Crippen LogP contribution in [-0.2, 0) is 0 Å². The Hall–Kier alpha value is -3.29. The third kappa shape index (κ3) is 2.73. The average Bonchev–Trinajstić information content (AvgIpc) is 2.45. The quantitative estimate of drug-likeness (QED) is 0.666. The van der Waals surface area contributed by atoms with Gasteiger partial charge in [0, 0.05) is 5.56 Å². The van der Waals surface area contributed by atoms with Crippen LogP contribution < -0.4 is 16.0 Å². The van der Waals surface area contributed by atoms with Crippen LogP contribution in [0, 0.1) is 6.92 Å². The third-order valence-corrected chi connectivity index (χ3v) is 3.38. The number of nitrogen functional groups attached to an aromatic ring is 1. The summed E-state index contributed by atoms with van der Waals surface area (Å²) in [6, 6.07) is 4.63. The molecule has 120 valence electrons. The topological polar surface area (TPSA) is 143 Å². The van der Waals surface area contributed by atoms with Gasteiger partial charge in [-0.1, -0.05) is 6.07 Å². The summed E-state index contributed by atoms with van der Waals surface area (Å²) in [5, 5.41) is 18.7. The molecule has 0 saturated heterocycles. The highest BCUT2D eigenvalue weighted by molar-refractivity contribution is 6.07. The molecular weight excluding hydrogens is 304 g/mol. The second kappa shape index (κ2) is 5.84. The Kier molecular flexibility index (Phi) is 4.08. The van der Waals surface area contributed by atoms with Gasteiger partial charge in [-0.2, -0.15) is 0 Å². The Labute approximate surface area is 130 Å². The molecule has 0 bridgehead atoms. The highest BCUT2D eigenvalue weighted by atomic mass is 16.5. The molecular formula is C15H14N2O6. The zero-order valence-corrected chi connectivity index (χ0v) is 12.3. The van der Waals surface area contributed by atoms with Gasteiger partial charge in [-0.05, 0) is 30.2 Å². The molecule has 0 saturated carbocycles. The molecule has 1 aromatic heterocycles. The van der Waals surface area contributed by atoms with E-state index in [9.17, 15) is 24.6 Å². The van der Waals surface area contributed by atoms with Crippen LogP contribution in [0.4, 0.5) is 5.82 Å². The number of anilines is 1. The standard InChI is InChI=1S/C15H14N2O6/c1-6-5-7(23-2)3-4-8(6)9-10(14(19)20)12(16)17-13(18)11(9)15(21)22/h3-5H,1-2H3,(H,19,20)(H,21,22)(H3,16,17,18). The smallest absolute Gasteiger partial charge is 0.342 e. The number of hydrogen-bond acceptors (Lipinski definition) is 5. The van der Waals surface area contributed by atoms with Crippen molar-refractivity contribution in [3.05, 3.63) is 45.2 Å². The predicted molar refractivity (Wildman–Crippen MR) is 82.1 cm³/mol. The maximum Gasteiger partial charge on any atom is 0.342 e. The number of nitrogens with one attached hydrogen (secondary N) is 1. The summed E-state index contributed by atoms with van der Waals surface area (Å²) < 4.78 is 5.06. The van der Waals surface area contributed by atoms with Crippen molar-refractivity contribution in [1.29, 1.82) is 0 Å². The monoisotopic (exact) mass is 318 g/mol. The lowest BCUT2D eigenvalue weighted by Crippen LogP contribution is -2.24. The summed E-state index contributed by atoms with van der Waals surface area (Å²) in [6.45, 7) is 1.65. The summed E-state index contributed by atoms with van der Waals surface area (Å²) in [4.78, 5) is 37.0. The molecule has 0 aliphatic carbocycles. The summed E-state index contributed by atoms with van der Waals surface area (Å²) in [5.74, 6) is -2.87. The number of hydrogen-bond donors (Lipinski definition) is 4. The molecule has 2 aromatic rings. The number of aromatic amines is 1. The molecule has 1 heterocycles. The van der Waals surface area contributed by atoms with E-state index in [4.69, 9.17) is 10.5 Å². The second-order valence-corrected chi connectivity index (χ2v) is 4.78. The van der Waals surface area contributed by atoms with Crippen LogP contribution in [0.15, 0.2) is 23.0 Å². The molecule has 0 spiro atoms. The van der Waals surface area contributed by atoms with Gasteiger partial charge in [0.1, 0.15) is 22.7 Å². The Bertz CT molecular complexity index is 869. The first-order chi connectivity index (χ1) is 10.8. The SMILES string of the molecule is COc1ccc(-c2c(C(=O)O)c(N)[nH]c(=O)c2C(=O)O)c(C)c1. The number of benzene rings is 1. The first-order valence-corrected chi connectivity index (χ1v) is 6.45. The second-order valence-electron chi connectivity index (χ2n) is 4.78. The van der Waals surface area contributed by atoms with E-state index in [1.165, 1.54) is 19.2 Å². The van der Waals surface area contributed by atoms with Crippen LogP contribution in [0.2, 0.25) is 0 Å². The van der Waals surface area contributed by atoms with E-state index in [1.807, 2.05) is 0 Å². The van der Waals surface area contributed by atoms with Crippen molar-refractivity contribution in [2.75, 3.05) is 12.8 Å². The zero-order chi connectivity index (χ0) is 17.3. The lowest BCUT2D eigenvalue weighted by molar-refractivity contribution is 0.0695. The number of rotatable bonds is 4. The van der Waals surface area contributed by atoms with Gasteiger partial charge in [0.25, 0.3) is 5.56 Å². The zero-order valence-electron chi connectivity index (χ0n) is 12.3. The van der Waals surface area contributed by atoms with Crippen molar-refractivity contribution in [2.24, 2.45) is 0 Å². The Balaban J connectivity index is 2.97. The van der Waals surface area contributed by atoms with Crippen molar-refractivity contribution < 1.29 is 24.5 Å². The molecule has 0 aliphatic rings. The fourth-order valence-electron chi connectivity index (χ4n) is 2.36. The van der Waals surface area contributed by atoms with Gasteiger partial charge in [-0.15, -0.1) is 0 Å². The number of aromatic carboxylic acids is 2. The van der Waals surface area contributed by atoms with Gasteiger partial charge in [0.05, 0.1) is 7.11 Å². The average molecular weight is 318 g/mol. The number of carboxylic acids is 2. The fourth-order valence-corrected chi connectivity index (χ4v) is 2.36. The van der Waals surface area contributed by atoms with Crippen LogP contribution in [0.5, 0.6) is 5.75 Å². The number of aromatic nitrogens is 1. The van der Waals surface area contributed by atoms with Gasteiger partial charge in [-0.3, -0.25) is 4.79 Å². The van der Waals surface area contributed by atoms with Crippen molar-refractivity contribution in [3.8, 4) is 16.9 Å². The molecule has 0 unspecified atom stereocenters. The number of carbonyl (C=O) groups is 2. The van der Waals surface area contributed by atoms with Crippen molar-refractivity contribution in [1.82, 2.24) is 4.98 Å². The largest absolute Gasteiger partial charge is 0.497 e. The van der Waals surface area contributed by atoms with Gasteiger partial charge in [-0.25, -0.2) is 9.59 Å². The van der Waals surface area contributed by atoms with Gasteiger partial charge >= 0.3 is 11.9 Å². The molecule has 0 fully saturated rings. The maximum absolute atomic E-state index is 12.0. The van der Waals surface area contributed by atoms with Crippen molar-refractivity contribution in [2.45, 2.75) is 6.92 Å². The summed E-state index contributed by atoms with van der Waals surface area (Å²) in [7, 11) is 1.46. The van der Waals surface area contributed by atoms with E-state index < -0.39 is 34.4 Å². The minimum absolute atomic E-state index is 0.230. The van der Waals surface area contributed by atoms with Crippen LogP contribution >= 0.6 is 0 Å². The molecule has 0 aliphatic heterocycles. The van der Waals surface area contributed by atoms with Crippen LogP contribution in [0.25, 0.3) is 11.1 Å². The Morgan fingerprint density at radius 1 is 1.17 bits per heavy atom. The van der Waals surface area contributed by atoms with E-state index in [1.54, 1.807) is 13.0 Å². The van der Waals surface area contributed by atoms with Crippen LogP contribution in [-0.4, -0.2) is 34.2 Å². The molecule has 0 atom stereocenters. The number of aryl methyl sites for hydroxylation is 1. The summed E-state index contributed by atoms with van der Waals surface area (Å²) in [6.07, 6.45) is 0. The predicted octanol–water partition coefficient (Wildman–Crippen LogP) is 1.34. The van der Waals surface area contributed by atoms with Gasteiger partial charge in [0.15, 0.2) is 0 Å². The number of methoxy groups -OCH3 is 1. The first kappa shape index (κ1) is 16.1. The molecule has 0 radical (unpaired) electrons. The lowest BCUT2D eigenvalue weighted by atomic mass is 9.92. The van der Waals surface area contributed by atoms with E-state index in [-0.39, 0.29) is 11.1 Å². The van der Waals surface area contributed by atoms with Gasteiger partial charge in [0.2, 0.25) is 0 Å². The van der Waals surface area contributed by atoms with Crippen molar-refractivity contribution >= 4 is 17.8 Å². The number of pyridine rings is 1. The van der Waals surface area contributed by atoms with Gasteiger partial charge < -0.3 is 25.7 Å². The lowest BCUT2D eigenvalue weighted by Gasteiger charge is -2.14. The number of carboxylic acid groups (broad SMARTS) is 2. The number of nitrogens with two attached hydrogens (primary N) is 1. The van der Waals surface area contributed by atoms with E-state index in [0.717, 1.165) is 0 Å². The van der Waals surface area contributed by atoms with E-state index in [2.05, 4.69) is 4.98 Å². The van der Waals surface area contributed by atoms with Crippen LogP contribution in [0.1, 0.15) is 26.3 Å². The Morgan fingerprint density at radius 2 is 1.78 bits per heavy atom. The molecule has 2 rings (SSSR count). The van der Waals surface area contributed by atoms with E-state index >= 15 is 0 Å². The minimum atomic E-state index is -1.54. The normalized spacial score (nSPS) is 10.3. The van der Waals surface area contributed by atoms with E-state index in [0.29, 0.717) is 11.3 Å². The highest BCUT2D eigenvalue weighted by Gasteiger charge is 2.27. The molecule has 23 heavy (non-hydrogen) atoms.